The molecule has 0 aromatic rings. The summed E-state index contributed by atoms with van der Waals surface area (Å²) in [6.45, 7) is 0.295. The molecular formula is C8H17N3O4. The first kappa shape index (κ1) is 13.8. The summed E-state index contributed by atoms with van der Waals surface area (Å²) in [4.78, 5) is 25.3. The van der Waals surface area contributed by atoms with Crippen molar-refractivity contribution < 1.29 is 19.5 Å². The molecular weight excluding hydrogens is 202 g/mol. The Hall–Kier alpha value is -1.18. The Kier molecular flexibility index (Phi) is 7.51. The smallest absolute Gasteiger partial charge is 0.320 e. The molecule has 0 aliphatic heterocycles. The van der Waals surface area contributed by atoms with E-state index in [-0.39, 0.29) is 12.5 Å². The molecule has 0 bridgehead atoms. The Morgan fingerprint density at radius 3 is 2.60 bits per heavy atom. The number of carboxylic acid groups (broad SMARTS) is 1. The number of hydrogen-bond acceptors (Lipinski definition) is 5. The lowest BCUT2D eigenvalue weighted by Crippen LogP contribution is -2.31. The van der Waals surface area contributed by atoms with Gasteiger partial charge in [-0.2, -0.15) is 0 Å². The maximum absolute atomic E-state index is 10.8. The van der Waals surface area contributed by atoms with Crippen LogP contribution in [0, 0.1) is 0 Å². The van der Waals surface area contributed by atoms with E-state index in [1.807, 2.05) is 0 Å². The molecule has 15 heavy (non-hydrogen) atoms. The van der Waals surface area contributed by atoms with Crippen molar-refractivity contribution in [2.24, 2.45) is 11.6 Å². The zero-order valence-corrected chi connectivity index (χ0v) is 8.44. The fourth-order valence-electron chi connectivity index (χ4n) is 0.967. The van der Waals surface area contributed by atoms with Gasteiger partial charge >= 0.3 is 5.97 Å². The van der Waals surface area contributed by atoms with Gasteiger partial charge in [0, 0.05) is 6.54 Å². The van der Waals surface area contributed by atoms with Crippen LogP contribution >= 0.6 is 0 Å². The fourth-order valence-corrected chi connectivity index (χ4v) is 0.967. The van der Waals surface area contributed by atoms with Gasteiger partial charge < -0.3 is 16.2 Å². The van der Waals surface area contributed by atoms with Gasteiger partial charge in [-0.3, -0.25) is 14.4 Å². The van der Waals surface area contributed by atoms with E-state index in [1.165, 1.54) is 0 Å². The number of nitrogens with one attached hydrogen (secondary N) is 1. The minimum absolute atomic E-state index is 0.172. The van der Waals surface area contributed by atoms with Crippen LogP contribution in [-0.2, 0) is 14.4 Å². The van der Waals surface area contributed by atoms with E-state index in [0.29, 0.717) is 25.8 Å². The molecule has 1 atom stereocenters. The van der Waals surface area contributed by atoms with E-state index in [0.717, 1.165) is 0 Å². The predicted octanol–water partition coefficient (Wildman–Crippen LogP) is -1.42. The summed E-state index contributed by atoms with van der Waals surface area (Å²) < 4.78 is 0. The maximum Gasteiger partial charge on any atom is 0.320 e. The van der Waals surface area contributed by atoms with Crippen LogP contribution in [0.5, 0.6) is 0 Å². The summed E-state index contributed by atoms with van der Waals surface area (Å²) in [5, 5.41) is 11.0. The monoisotopic (exact) mass is 219 g/mol. The van der Waals surface area contributed by atoms with E-state index >= 15 is 0 Å². The van der Waals surface area contributed by atoms with Crippen molar-refractivity contribution in [2.75, 3.05) is 13.2 Å². The third-order valence-corrected chi connectivity index (χ3v) is 1.80. The van der Waals surface area contributed by atoms with Crippen LogP contribution < -0.4 is 16.9 Å². The zero-order valence-electron chi connectivity index (χ0n) is 8.44. The number of carbonyl (C=O) groups is 2. The molecule has 0 fully saturated rings. The quantitative estimate of drug-likeness (QED) is 0.293. The Morgan fingerprint density at radius 1 is 1.40 bits per heavy atom. The largest absolute Gasteiger partial charge is 0.480 e. The van der Waals surface area contributed by atoms with Crippen molar-refractivity contribution in [2.45, 2.75) is 25.3 Å². The van der Waals surface area contributed by atoms with Crippen LogP contribution in [-0.4, -0.2) is 36.2 Å². The van der Waals surface area contributed by atoms with E-state index in [9.17, 15) is 9.59 Å². The second kappa shape index (κ2) is 8.16. The summed E-state index contributed by atoms with van der Waals surface area (Å²) in [5.41, 5.74) is 5.28. The van der Waals surface area contributed by atoms with Crippen molar-refractivity contribution in [1.29, 1.82) is 0 Å². The average Bonchev–Trinajstić information content (AvgIpc) is 2.17. The minimum Gasteiger partial charge on any atom is -0.480 e. The molecule has 88 valence electrons. The molecule has 7 heteroatoms. The maximum atomic E-state index is 10.8. The number of hydrogen-bond donors (Lipinski definition) is 4. The van der Waals surface area contributed by atoms with Crippen molar-refractivity contribution in [1.82, 2.24) is 5.32 Å². The number of unbranched alkanes of at least 4 members (excludes halogenated alkanes) is 1. The molecule has 0 saturated heterocycles. The van der Waals surface area contributed by atoms with E-state index in [2.05, 4.69) is 10.2 Å². The first-order chi connectivity index (χ1) is 7.07. The molecule has 0 saturated carbocycles. The highest BCUT2D eigenvalue weighted by molar-refractivity contribution is 5.77. The molecule has 0 rings (SSSR count). The second-order valence-corrected chi connectivity index (χ2v) is 3.10. The molecule has 1 amide bonds. The minimum atomic E-state index is -1.00. The van der Waals surface area contributed by atoms with Gasteiger partial charge in [0.2, 0.25) is 5.91 Å². The summed E-state index contributed by atoms with van der Waals surface area (Å²) in [7, 11) is 0. The van der Waals surface area contributed by atoms with Gasteiger partial charge in [0.1, 0.15) is 12.6 Å². The third-order valence-electron chi connectivity index (χ3n) is 1.80. The number of rotatable bonds is 8. The van der Waals surface area contributed by atoms with Crippen LogP contribution in [0.1, 0.15) is 19.3 Å². The molecule has 0 aliphatic rings. The summed E-state index contributed by atoms with van der Waals surface area (Å²) >= 11 is 0. The predicted molar refractivity (Wildman–Crippen MR) is 52.6 cm³/mol. The number of nitrogens with two attached hydrogens (primary N) is 2. The fraction of sp³-hybridized carbons (Fsp3) is 0.750. The third kappa shape index (κ3) is 7.86. The molecule has 0 heterocycles. The van der Waals surface area contributed by atoms with E-state index in [4.69, 9.17) is 16.7 Å². The first-order valence-corrected chi connectivity index (χ1v) is 4.64. The molecule has 0 aromatic carbocycles. The van der Waals surface area contributed by atoms with Gasteiger partial charge in [-0.05, 0) is 19.3 Å². The van der Waals surface area contributed by atoms with Crippen LogP contribution in [0.2, 0.25) is 0 Å². The Labute approximate surface area is 87.7 Å². The van der Waals surface area contributed by atoms with Crippen LogP contribution in [0.15, 0.2) is 0 Å². The number of carbonyl (C=O) groups excluding carboxylic acids is 1. The van der Waals surface area contributed by atoms with Crippen molar-refractivity contribution in [3.8, 4) is 0 Å². The SMILES string of the molecule is NOCC(=O)NCCCC[C@H](N)C(=O)O. The Bertz CT molecular complexity index is 210. The molecule has 0 aliphatic carbocycles. The standard InChI is InChI=1S/C8H17N3O4/c9-6(8(13)14)3-1-2-4-11-7(12)5-15-10/h6H,1-5,9-10H2,(H,11,12)(H,13,14)/t6-/m0/s1. The highest BCUT2D eigenvalue weighted by Gasteiger charge is 2.09. The first-order valence-electron chi connectivity index (χ1n) is 4.64. The van der Waals surface area contributed by atoms with E-state index in [1.54, 1.807) is 0 Å². The van der Waals surface area contributed by atoms with Crippen LogP contribution in [0.4, 0.5) is 0 Å². The second-order valence-electron chi connectivity index (χ2n) is 3.10. The Morgan fingerprint density at radius 2 is 2.07 bits per heavy atom. The number of carboxylic acids is 1. The highest BCUT2D eigenvalue weighted by Crippen LogP contribution is 1.97. The number of aliphatic carboxylic acids is 1. The summed E-state index contributed by atoms with van der Waals surface area (Å²) in [6, 6.07) is -0.826. The highest BCUT2D eigenvalue weighted by atomic mass is 16.6. The summed E-state index contributed by atoms with van der Waals surface area (Å²) in [5.74, 6) is 3.39. The van der Waals surface area contributed by atoms with Gasteiger partial charge in [-0.15, -0.1) is 0 Å². The van der Waals surface area contributed by atoms with Gasteiger partial charge in [0.15, 0.2) is 0 Å². The molecule has 0 unspecified atom stereocenters. The molecule has 0 spiro atoms. The Balaban J connectivity index is 3.32. The number of amides is 1. The lowest BCUT2D eigenvalue weighted by atomic mass is 10.1. The van der Waals surface area contributed by atoms with Crippen molar-refractivity contribution in [3.63, 3.8) is 0 Å². The topological polar surface area (TPSA) is 128 Å². The molecule has 6 N–H and O–H groups in total. The van der Waals surface area contributed by atoms with Crippen LogP contribution in [0.25, 0.3) is 0 Å². The zero-order chi connectivity index (χ0) is 11.7. The van der Waals surface area contributed by atoms with E-state index < -0.39 is 12.0 Å². The average molecular weight is 219 g/mol. The van der Waals surface area contributed by atoms with Gasteiger partial charge in [0.05, 0.1) is 0 Å². The summed E-state index contributed by atoms with van der Waals surface area (Å²) in [6.07, 6.45) is 1.73. The normalized spacial score (nSPS) is 12.1. The molecule has 7 nitrogen and oxygen atoms in total. The lowest BCUT2D eigenvalue weighted by Gasteiger charge is -2.06. The van der Waals surface area contributed by atoms with Crippen LogP contribution in [0.3, 0.4) is 0 Å². The molecule has 0 radical (unpaired) electrons. The molecule has 0 aromatic heterocycles. The van der Waals surface area contributed by atoms with Gasteiger partial charge in [-0.1, -0.05) is 0 Å². The van der Waals surface area contributed by atoms with Gasteiger partial charge in [0.25, 0.3) is 0 Å². The van der Waals surface area contributed by atoms with Crippen molar-refractivity contribution in [3.05, 3.63) is 0 Å². The van der Waals surface area contributed by atoms with Crippen molar-refractivity contribution >= 4 is 11.9 Å². The lowest BCUT2D eigenvalue weighted by molar-refractivity contribution is -0.138. The van der Waals surface area contributed by atoms with Gasteiger partial charge in [-0.25, -0.2) is 5.90 Å².